The highest BCUT2D eigenvalue weighted by Crippen LogP contribution is 2.26. The summed E-state index contributed by atoms with van der Waals surface area (Å²) >= 11 is 9.19. The van der Waals surface area contributed by atoms with Crippen molar-refractivity contribution in [2.45, 2.75) is 26.3 Å². The number of benzene rings is 1. The Morgan fingerprint density at radius 1 is 1.43 bits per heavy atom. The molecule has 0 bridgehead atoms. The minimum atomic E-state index is -0.619. The lowest BCUT2D eigenvalue weighted by atomic mass is 10.2. The Kier molecular flexibility index (Phi) is 5.73. The molecule has 1 heterocycles. The highest BCUT2D eigenvalue weighted by Gasteiger charge is 2.23. The number of aromatic nitrogens is 2. The summed E-state index contributed by atoms with van der Waals surface area (Å²) in [7, 11) is 0. The Balaban J connectivity index is 1.87. The molecule has 1 amide bonds. The summed E-state index contributed by atoms with van der Waals surface area (Å²) in [5.41, 5.74) is 1.24. The van der Waals surface area contributed by atoms with Crippen LogP contribution in [-0.4, -0.2) is 20.6 Å². The van der Waals surface area contributed by atoms with Crippen molar-refractivity contribution in [2.75, 3.05) is 5.32 Å². The third kappa shape index (κ3) is 4.52. The van der Waals surface area contributed by atoms with E-state index in [9.17, 15) is 14.9 Å². The van der Waals surface area contributed by atoms with Crippen LogP contribution in [0.2, 0.25) is 5.02 Å². The van der Waals surface area contributed by atoms with Crippen molar-refractivity contribution in [3.8, 4) is 0 Å². The molecule has 1 N–H and O–H groups in total. The zero-order valence-corrected chi connectivity index (χ0v) is 14.6. The van der Waals surface area contributed by atoms with Crippen molar-refractivity contribution >= 4 is 44.9 Å². The zero-order chi connectivity index (χ0) is 17.0. The lowest BCUT2D eigenvalue weighted by Gasteiger charge is -2.05. The van der Waals surface area contributed by atoms with Crippen molar-refractivity contribution in [1.82, 2.24) is 9.78 Å². The first-order valence-corrected chi connectivity index (χ1v) is 7.98. The maximum absolute atomic E-state index is 11.9. The Hall–Kier alpha value is -1.93. The highest BCUT2D eigenvalue weighted by atomic mass is 79.9. The van der Waals surface area contributed by atoms with Gasteiger partial charge in [-0.05, 0) is 42.5 Å². The molecule has 0 saturated carbocycles. The van der Waals surface area contributed by atoms with Gasteiger partial charge < -0.3 is 15.4 Å². The Bertz CT molecular complexity index is 730. The summed E-state index contributed by atoms with van der Waals surface area (Å²) in [6, 6.07) is 7.26. The number of nitro groups is 1. The van der Waals surface area contributed by atoms with Crippen LogP contribution in [0.25, 0.3) is 0 Å². The Labute approximate surface area is 145 Å². The predicted molar refractivity (Wildman–Crippen MR) is 90.6 cm³/mol. The largest absolute Gasteiger partial charge is 0.408 e. The number of amides is 1. The molecule has 0 fully saturated rings. The first-order valence-electron chi connectivity index (χ1n) is 6.81. The zero-order valence-electron chi connectivity index (χ0n) is 12.3. The van der Waals surface area contributed by atoms with E-state index in [1.165, 1.54) is 4.68 Å². The number of carbonyl (C=O) groups is 1. The average molecular weight is 402 g/mol. The van der Waals surface area contributed by atoms with Gasteiger partial charge in [-0.15, -0.1) is 0 Å². The molecule has 0 saturated heterocycles. The van der Waals surface area contributed by atoms with E-state index >= 15 is 0 Å². The second-order valence-corrected chi connectivity index (χ2v) is 6.16. The first-order chi connectivity index (χ1) is 10.9. The molecule has 0 aliphatic heterocycles. The third-order valence-corrected chi connectivity index (χ3v) is 4.16. The molecule has 9 heteroatoms. The average Bonchev–Trinajstić information content (AvgIpc) is 2.78. The smallest absolute Gasteiger partial charge is 0.358 e. The van der Waals surface area contributed by atoms with Crippen molar-refractivity contribution in [3.05, 3.63) is 49.6 Å². The summed E-state index contributed by atoms with van der Waals surface area (Å²) in [6.45, 7) is 2.04. The topological polar surface area (TPSA) is 90.1 Å². The van der Waals surface area contributed by atoms with Gasteiger partial charge in [0.1, 0.15) is 0 Å². The molecule has 7 nitrogen and oxygen atoms in total. The van der Waals surface area contributed by atoms with E-state index in [1.54, 1.807) is 19.1 Å². The van der Waals surface area contributed by atoms with E-state index in [0.29, 0.717) is 24.3 Å². The maximum atomic E-state index is 11.9. The fourth-order valence-electron chi connectivity index (χ4n) is 1.99. The summed E-state index contributed by atoms with van der Waals surface area (Å²) in [4.78, 5) is 22.0. The van der Waals surface area contributed by atoms with Gasteiger partial charge in [0, 0.05) is 16.6 Å². The minimum absolute atomic E-state index is 0.0364. The van der Waals surface area contributed by atoms with Gasteiger partial charge in [-0.2, -0.15) is 4.68 Å². The van der Waals surface area contributed by atoms with Crippen LogP contribution >= 0.6 is 27.5 Å². The van der Waals surface area contributed by atoms with Crippen LogP contribution in [0, 0.1) is 17.0 Å². The van der Waals surface area contributed by atoms with Gasteiger partial charge in [0.05, 0.1) is 17.3 Å². The number of aryl methyl sites for hydroxylation is 1. The number of nitrogens with zero attached hydrogens (tertiary/aromatic N) is 3. The molecule has 1 aromatic heterocycles. The van der Waals surface area contributed by atoms with Gasteiger partial charge in [-0.25, -0.2) is 0 Å². The van der Waals surface area contributed by atoms with Crippen molar-refractivity contribution < 1.29 is 9.72 Å². The maximum Gasteiger partial charge on any atom is 0.408 e. The minimum Gasteiger partial charge on any atom is -0.358 e. The van der Waals surface area contributed by atoms with E-state index in [2.05, 4.69) is 26.3 Å². The van der Waals surface area contributed by atoms with E-state index in [-0.39, 0.29) is 23.2 Å². The summed E-state index contributed by atoms with van der Waals surface area (Å²) < 4.78 is 2.39. The fraction of sp³-hybridized carbons (Fsp3) is 0.286. The number of rotatable bonds is 6. The van der Waals surface area contributed by atoms with E-state index in [1.807, 2.05) is 12.1 Å². The number of anilines is 1. The molecule has 0 aliphatic rings. The van der Waals surface area contributed by atoms with E-state index < -0.39 is 4.92 Å². The molecule has 0 aliphatic carbocycles. The summed E-state index contributed by atoms with van der Waals surface area (Å²) in [6.07, 6.45) is 0.777. The number of halogens is 2. The van der Waals surface area contributed by atoms with Crippen LogP contribution in [0.3, 0.4) is 0 Å². The van der Waals surface area contributed by atoms with Gasteiger partial charge >= 0.3 is 5.82 Å². The van der Waals surface area contributed by atoms with Crippen LogP contribution in [0.1, 0.15) is 18.5 Å². The molecule has 122 valence electrons. The van der Waals surface area contributed by atoms with Crippen LogP contribution in [0.15, 0.2) is 28.7 Å². The molecular weight excluding hydrogens is 388 g/mol. The number of hydrogen-bond donors (Lipinski definition) is 1. The molecule has 2 aromatic rings. The van der Waals surface area contributed by atoms with Gasteiger partial charge in [0.15, 0.2) is 5.02 Å². The van der Waals surface area contributed by atoms with E-state index in [0.717, 1.165) is 4.47 Å². The molecule has 0 spiro atoms. The number of hydrogen-bond acceptors (Lipinski definition) is 4. The van der Waals surface area contributed by atoms with Crippen molar-refractivity contribution in [2.24, 2.45) is 0 Å². The summed E-state index contributed by atoms with van der Waals surface area (Å²) in [5, 5.41) is 17.4. The van der Waals surface area contributed by atoms with Crippen LogP contribution in [0.5, 0.6) is 0 Å². The number of nitrogens with one attached hydrogen (secondary N) is 1. The second-order valence-electron chi connectivity index (χ2n) is 4.86. The summed E-state index contributed by atoms with van der Waals surface area (Å²) in [5.74, 6) is -0.485. The first kappa shape index (κ1) is 17.4. The van der Waals surface area contributed by atoms with Gasteiger partial charge in [-0.1, -0.05) is 27.5 Å². The number of carbonyl (C=O) groups excluding carboxylic acids is 1. The second kappa shape index (κ2) is 7.56. The highest BCUT2D eigenvalue weighted by molar-refractivity contribution is 9.10. The van der Waals surface area contributed by atoms with Crippen LogP contribution in [0.4, 0.5) is 11.5 Å². The molecule has 0 unspecified atom stereocenters. The molecule has 0 atom stereocenters. The molecular formula is C14H14BrClN4O3. The fourth-order valence-corrected chi connectivity index (χ4v) is 2.46. The normalized spacial score (nSPS) is 10.6. The van der Waals surface area contributed by atoms with Gasteiger partial charge in [0.25, 0.3) is 0 Å². The van der Waals surface area contributed by atoms with Gasteiger partial charge in [-0.3, -0.25) is 4.79 Å². The van der Waals surface area contributed by atoms with E-state index in [4.69, 9.17) is 11.6 Å². The Morgan fingerprint density at radius 3 is 2.65 bits per heavy atom. The molecule has 0 radical (unpaired) electrons. The van der Waals surface area contributed by atoms with Crippen LogP contribution < -0.4 is 5.32 Å². The van der Waals surface area contributed by atoms with Gasteiger partial charge in [0.2, 0.25) is 5.91 Å². The molecule has 2 rings (SSSR count). The predicted octanol–water partition coefficient (Wildman–Crippen LogP) is 3.93. The third-order valence-electron chi connectivity index (χ3n) is 3.19. The molecule has 23 heavy (non-hydrogen) atoms. The quantitative estimate of drug-likeness (QED) is 0.586. The van der Waals surface area contributed by atoms with Crippen LogP contribution in [-0.2, 0) is 11.3 Å². The van der Waals surface area contributed by atoms with Crippen molar-refractivity contribution in [3.63, 3.8) is 0 Å². The Morgan fingerprint density at radius 2 is 2.09 bits per heavy atom. The molecule has 1 aromatic carbocycles. The lowest BCUT2D eigenvalue weighted by Crippen LogP contribution is -2.13. The van der Waals surface area contributed by atoms with Crippen molar-refractivity contribution in [1.29, 1.82) is 0 Å². The monoisotopic (exact) mass is 400 g/mol. The standard InChI is InChI=1S/C14H14BrClN4O3/c1-9-13(16)14(20(22)23)18-19(9)8-2-3-12(21)17-11-6-4-10(15)5-7-11/h4-7H,2-3,8H2,1H3,(H,17,21). The SMILES string of the molecule is Cc1c(Cl)c([N+](=O)[O-])nn1CCCC(=O)Nc1ccc(Br)cc1. The lowest BCUT2D eigenvalue weighted by molar-refractivity contribution is -0.389.